The molecule has 0 radical (unpaired) electrons. The van der Waals surface area contributed by atoms with Crippen LogP contribution in [-0.2, 0) is 4.74 Å². The van der Waals surface area contributed by atoms with Gasteiger partial charge in [0.25, 0.3) is 5.91 Å². The first-order valence-electron chi connectivity index (χ1n) is 9.10. The summed E-state index contributed by atoms with van der Waals surface area (Å²) in [6.45, 7) is 6.15. The first-order valence-corrected chi connectivity index (χ1v) is 9.10. The molecule has 7 heteroatoms. The standard InChI is InChI=1S/C19H24N4O3/c1-15-16(4-10-26-15)17(24)22-8-2-5-19(12-22)13-23(9-11-25-14-19)18-20-6-3-7-21-18/h3-4,6-7,10H,2,5,8-9,11-14H2,1H3/t19-/m0/s1. The van der Waals surface area contributed by atoms with Gasteiger partial charge in [-0.3, -0.25) is 4.79 Å². The van der Waals surface area contributed by atoms with Crippen LogP contribution in [0.25, 0.3) is 0 Å². The highest BCUT2D eigenvalue weighted by molar-refractivity contribution is 5.95. The molecule has 2 aliphatic rings. The summed E-state index contributed by atoms with van der Waals surface area (Å²) >= 11 is 0. The predicted molar refractivity (Wildman–Crippen MR) is 96.1 cm³/mol. The van der Waals surface area contributed by atoms with E-state index in [0.29, 0.717) is 31.1 Å². The lowest BCUT2D eigenvalue weighted by molar-refractivity contribution is 0.0134. The Morgan fingerprint density at radius 3 is 2.85 bits per heavy atom. The van der Waals surface area contributed by atoms with Crippen molar-refractivity contribution in [1.29, 1.82) is 0 Å². The van der Waals surface area contributed by atoms with Gasteiger partial charge in [0, 0.05) is 44.0 Å². The van der Waals surface area contributed by atoms with E-state index in [1.54, 1.807) is 24.7 Å². The Morgan fingerprint density at radius 1 is 1.23 bits per heavy atom. The number of amides is 1. The van der Waals surface area contributed by atoms with Crippen molar-refractivity contribution in [2.75, 3.05) is 44.3 Å². The number of likely N-dealkylation sites (tertiary alicyclic amines) is 1. The molecule has 1 spiro atoms. The van der Waals surface area contributed by atoms with E-state index in [9.17, 15) is 4.79 Å². The van der Waals surface area contributed by atoms with Crippen molar-refractivity contribution >= 4 is 11.9 Å². The Balaban J connectivity index is 1.54. The Bertz CT molecular complexity index is 763. The molecule has 2 aromatic heterocycles. The SMILES string of the molecule is Cc1occc1C(=O)N1CCC[C@]2(COCCN(c3ncccn3)C2)C1. The van der Waals surface area contributed by atoms with Crippen molar-refractivity contribution in [2.45, 2.75) is 19.8 Å². The molecule has 4 rings (SSSR count). The van der Waals surface area contributed by atoms with E-state index in [-0.39, 0.29) is 11.3 Å². The minimum Gasteiger partial charge on any atom is -0.469 e. The summed E-state index contributed by atoms with van der Waals surface area (Å²) in [5.74, 6) is 1.44. The summed E-state index contributed by atoms with van der Waals surface area (Å²) in [7, 11) is 0. The highest BCUT2D eigenvalue weighted by atomic mass is 16.5. The zero-order valence-corrected chi connectivity index (χ0v) is 15.1. The molecule has 2 aromatic rings. The van der Waals surface area contributed by atoms with Crippen LogP contribution < -0.4 is 4.90 Å². The molecule has 2 aliphatic heterocycles. The third kappa shape index (κ3) is 3.31. The molecule has 1 atom stereocenters. The summed E-state index contributed by atoms with van der Waals surface area (Å²) in [4.78, 5) is 25.9. The van der Waals surface area contributed by atoms with E-state index in [1.807, 2.05) is 17.9 Å². The third-order valence-electron chi connectivity index (χ3n) is 5.31. The highest BCUT2D eigenvalue weighted by Crippen LogP contribution is 2.34. The van der Waals surface area contributed by atoms with E-state index in [4.69, 9.17) is 9.15 Å². The average Bonchev–Trinajstić information content (AvgIpc) is 3.00. The van der Waals surface area contributed by atoms with Gasteiger partial charge in [0.1, 0.15) is 5.76 Å². The lowest BCUT2D eigenvalue weighted by atomic mass is 9.80. The van der Waals surface area contributed by atoms with Gasteiger partial charge >= 0.3 is 0 Å². The van der Waals surface area contributed by atoms with Crippen LogP contribution in [0.3, 0.4) is 0 Å². The fourth-order valence-corrected chi connectivity index (χ4v) is 4.02. The lowest BCUT2D eigenvalue weighted by Crippen LogP contribution is -2.52. The number of hydrogen-bond acceptors (Lipinski definition) is 6. The first kappa shape index (κ1) is 17.0. The topological polar surface area (TPSA) is 71.7 Å². The molecule has 138 valence electrons. The second-order valence-corrected chi connectivity index (χ2v) is 7.24. The number of piperidine rings is 1. The molecule has 4 heterocycles. The van der Waals surface area contributed by atoms with E-state index >= 15 is 0 Å². The van der Waals surface area contributed by atoms with Gasteiger partial charge in [-0.05, 0) is 31.9 Å². The second kappa shape index (κ2) is 7.07. The van der Waals surface area contributed by atoms with Crippen LogP contribution in [0.15, 0.2) is 35.2 Å². The van der Waals surface area contributed by atoms with E-state index < -0.39 is 0 Å². The van der Waals surface area contributed by atoms with Crippen molar-refractivity contribution in [1.82, 2.24) is 14.9 Å². The zero-order valence-electron chi connectivity index (χ0n) is 15.1. The number of aryl methyl sites for hydroxylation is 1. The van der Waals surface area contributed by atoms with Gasteiger partial charge in [-0.15, -0.1) is 0 Å². The molecule has 1 amide bonds. The van der Waals surface area contributed by atoms with Crippen LogP contribution in [0.2, 0.25) is 0 Å². The molecule has 0 saturated carbocycles. The molecule has 2 saturated heterocycles. The van der Waals surface area contributed by atoms with Gasteiger partial charge in [-0.25, -0.2) is 9.97 Å². The Morgan fingerprint density at radius 2 is 2.08 bits per heavy atom. The van der Waals surface area contributed by atoms with Crippen LogP contribution in [0.5, 0.6) is 0 Å². The van der Waals surface area contributed by atoms with E-state index in [0.717, 1.165) is 38.4 Å². The Kier molecular flexibility index (Phi) is 4.63. The molecule has 0 N–H and O–H groups in total. The maximum Gasteiger partial charge on any atom is 0.257 e. The molecular weight excluding hydrogens is 332 g/mol. The van der Waals surface area contributed by atoms with Gasteiger partial charge < -0.3 is 19.0 Å². The number of aromatic nitrogens is 2. The first-order chi connectivity index (χ1) is 12.7. The summed E-state index contributed by atoms with van der Waals surface area (Å²) in [6.07, 6.45) is 7.10. The number of carbonyl (C=O) groups is 1. The monoisotopic (exact) mass is 356 g/mol. The fraction of sp³-hybridized carbons (Fsp3) is 0.526. The average molecular weight is 356 g/mol. The van der Waals surface area contributed by atoms with Crippen LogP contribution in [0.4, 0.5) is 5.95 Å². The normalized spacial score (nSPS) is 23.9. The second-order valence-electron chi connectivity index (χ2n) is 7.24. The number of carbonyl (C=O) groups excluding carboxylic acids is 1. The van der Waals surface area contributed by atoms with Crippen molar-refractivity contribution < 1.29 is 13.9 Å². The molecular formula is C19H24N4O3. The van der Waals surface area contributed by atoms with Crippen molar-refractivity contribution in [3.63, 3.8) is 0 Å². The number of hydrogen-bond donors (Lipinski definition) is 0. The van der Waals surface area contributed by atoms with Crippen LogP contribution in [0, 0.1) is 12.3 Å². The van der Waals surface area contributed by atoms with Crippen LogP contribution in [0.1, 0.15) is 29.0 Å². The molecule has 7 nitrogen and oxygen atoms in total. The Labute approximate surface area is 153 Å². The van der Waals surface area contributed by atoms with Gasteiger partial charge in [-0.1, -0.05) is 0 Å². The number of nitrogens with zero attached hydrogens (tertiary/aromatic N) is 4. The van der Waals surface area contributed by atoms with Gasteiger partial charge in [0.15, 0.2) is 0 Å². The van der Waals surface area contributed by atoms with Crippen LogP contribution in [-0.4, -0.2) is 60.2 Å². The number of rotatable bonds is 2. The van der Waals surface area contributed by atoms with Crippen molar-refractivity contribution in [3.05, 3.63) is 42.1 Å². The molecule has 0 bridgehead atoms. The summed E-state index contributed by atoms with van der Waals surface area (Å²) < 4.78 is 11.2. The van der Waals surface area contributed by atoms with Crippen molar-refractivity contribution in [2.24, 2.45) is 5.41 Å². The number of ether oxygens (including phenoxy) is 1. The quantitative estimate of drug-likeness (QED) is 0.821. The maximum atomic E-state index is 12.9. The Hall–Kier alpha value is -2.41. The van der Waals surface area contributed by atoms with Crippen molar-refractivity contribution in [3.8, 4) is 0 Å². The minimum atomic E-state index is -0.0960. The lowest BCUT2D eigenvalue weighted by Gasteiger charge is -2.43. The zero-order chi connectivity index (χ0) is 18.0. The van der Waals surface area contributed by atoms with Gasteiger partial charge in [0.05, 0.1) is 25.0 Å². The van der Waals surface area contributed by atoms with Gasteiger partial charge in [-0.2, -0.15) is 0 Å². The smallest absolute Gasteiger partial charge is 0.257 e. The molecule has 26 heavy (non-hydrogen) atoms. The van der Waals surface area contributed by atoms with Gasteiger partial charge in [0.2, 0.25) is 5.95 Å². The number of furan rings is 1. The molecule has 0 unspecified atom stereocenters. The van der Waals surface area contributed by atoms with Crippen LogP contribution >= 0.6 is 0 Å². The molecule has 0 aromatic carbocycles. The maximum absolute atomic E-state index is 12.9. The minimum absolute atomic E-state index is 0.0436. The summed E-state index contributed by atoms with van der Waals surface area (Å²) in [5, 5.41) is 0. The van der Waals surface area contributed by atoms with E-state index in [2.05, 4.69) is 14.9 Å². The number of anilines is 1. The third-order valence-corrected chi connectivity index (χ3v) is 5.31. The highest BCUT2D eigenvalue weighted by Gasteiger charge is 2.41. The summed E-state index contributed by atoms with van der Waals surface area (Å²) in [6, 6.07) is 3.58. The largest absolute Gasteiger partial charge is 0.469 e. The summed E-state index contributed by atoms with van der Waals surface area (Å²) in [5.41, 5.74) is 0.557. The molecule has 2 fully saturated rings. The molecule has 0 aliphatic carbocycles. The predicted octanol–water partition coefficient (Wildman–Crippen LogP) is 2.14. The van der Waals surface area contributed by atoms with E-state index in [1.165, 1.54) is 0 Å². The fourth-order valence-electron chi connectivity index (χ4n) is 4.02.